The van der Waals surface area contributed by atoms with Gasteiger partial charge in [-0.15, -0.1) is 0 Å². The van der Waals surface area contributed by atoms with Crippen LogP contribution in [-0.2, 0) is 56.9 Å². The molecule has 0 aliphatic heterocycles. The zero-order valence-corrected chi connectivity index (χ0v) is 45.0. The molecule has 4 aromatic carbocycles. The molecule has 0 atom stereocenters. The highest BCUT2D eigenvalue weighted by Crippen LogP contribution is 2.44. The molecule has 72 heavy (non-hydrogen) atoms. The van der Waals surface area contributed by atoms with Crippen molar-refractivity contribution in [1.82, 2.24) is 9.80 Å². The number of aliphatic hydroxyl groups is 4. The third-order valence-corrected chi connectivity index (χ3v) is 13.3. The Balaban J connectivity index is 1.83. The van der Waals surface area contributed by atoms with Gasteiger partial charge in [0.2, 0.25) is 11.8 Å². The summed E-state index contributed by atoms with van der Waals surface area (Å²) in [5.41, 5.74) is 9.02. The lowest BCUT2D eigenvalue weighted by Crippen LogP contribution is -2.34. The maximum absolute atomic E-state index is 13.1. The van der Waals surface area contributed by atoms with Crippen molar-refractivity contribution in [3.8, 4) is 23.0 Å². The predicted octanol–water partition coefficient (Wildman–Crippen LogP) is 8.46. The summed E-state index contributed by atoms with van der Waals surface area (Å²) >= 11 is 0. The van der Waals surface area contributed by atoms with Crippen molar-refractivity contribution < 1.29 is 49.7 Å². The molecule has 0 radical (unpaired) electrons. The maximum atomic E-state index is 13.1. The van der Waals surface area contributed by atoms with Gasteiger partial charge in [-0.25, -0.2) is 0 Å². The summed E-state index contributed by atoms with van der Waals surface area (Å²) in [7, 11) is 0. The molecule has 392 valence electrons. The zero-order chi connectivity index (χ0) is 53.3. The van der Waals surface area contributed by atoms with Crippen LogP contribution >= 0.6 is 0 Å². The summed E-state index contributed by atoms with van der Waals surface area (Å²) in [4.78, 5) is 29.0. The summed E-state index contributed by atoms with van der Waals surface area (Å²) < 4.78 is 13.5. The van der Waals surface area contributed by atoms with Gasteiger partial charge in [0.25, 0.3) is 0 Å². The van der Waals surface area contributed by atoms with Gasteiger partial charge in [-0.05, 0) is 101 Å². The van der Waals surface area contributed by atoms with E-state index in [-0.39, 0.29) is 136 Å². The van der Waals surface area contributed by atoms with Crippen molar-refractivity contribution in [2.45, 2.75) is 130 Å². The van der Waals surface area contributed by atoms with Crippen LogP contribution in [0.1, 0.15) is 150 Å². The van der Waals surface area contributed by atoms with Crippen LogP contribution in [0.2, 0.25) is 0 Å². The van der Waals surface area contributed by atoms with Crippen molar-refractivity contribution in [1.29, 1.82) is 0 Å². The van der Waals surface area contributed by atoms with Gasteiger partial charge in [0.05, 0.1) is 26.4 Å². The summed E-state index contributed by atoms with van der Waals surface area (Å²) in [5, 5.41) is 63.5. The third kappa shape index (κ3) is 14.7. The van der Waals surface area contributed by atoms with Crippen LogP contribution in [0, 0.1) is 0 Å². The lowest BCUT2D eigenvalue weighted by molar-refractivity contribution is -0.127. The Kier molecular flexibility index (Phi) is 19.0. The van der Waals surface area contributed by atoms with Crippen LogP contribution in [0.5, 0.6) is 23.0 Å². The predicted molar refractivity (Wildman–Crippen MR) is 286 cm³/mol. The summed E-state index contributed by atoms with van der Waals surface area (Å²) in [5.74, 6) is 0.728. The van der Waals surface area contributed by atoms with Gasteiger partial charge in [-0.1, -0.05) is 132 Å². The number of carbonyl (C=O) groups is 2. The fourth-order valence-corrected chi connectivity index (χ4v) is 8.94. The number of hydrogen-bond donors (Lipinski definition) is 6. The summed E-state index contributed by atoms with van der Waals surface area (Å²) in [6.07, 6.45) is 7.19. The van der Waals surface area contributed by atoms with E-state index in [1.807, 2.05) is 0 Å². The minimum Gasteiger partial charge on any atom is -0.507 e. The number of fused-ring (bicyclic) bond motifs is 8. The molecule has 0 heterocycles. The van der Waals surface area contributed by atoms with Crippen LogP contribution in [0.3, 0.4) is 0 Å². The topological polar surface area (TPSA) is 180 Å². The molecule has 5 rings (SSSR count). The second-order valence-corrected chi connectivity index (χ2v) is 23.2. The van der Waals surface area contributed by atoms with Crippen LogP contribution in [0.4, 0.5) is 0 Å². The van der Waals surface area contributed by atoms with E-state index >= 15 is 0 Å². The van der Waals surface area contributed by atoms with Crippen molar-refractivity contribution in [2.24, 2.45) is 0 Å². The first kappa shape index (κ1) is 57.2. The molecule has 0 unspecified atom stereocenters. The van der Waals surface area contributed by atoms with E-state index in [0.717, 1.165) is 44.5 Å². The highest BCUT2D eigenvalue weighted by Gasteiger charge is 2.29. The van der Waals surface area contributed by atoms with Crippen LogP contribution < -0.4 is 9.47 Å². The second-order valence-electron chi connectivity index (χ2n) is 23.2. The Bertz CT molecular complexity index is 2310. The first-order valence-electron chi connectivity index (χ1n) is 25.3. The normalized spacial score (nSPS) is 13.4. The van der Waals surface area contributed by atoms with Crippen LogP contribution in [-0.4, -0.2) is 118 Å². The Labute approximate surface area is 428 Å². The quantitative estimate of drug-likeness (QED) is 0.0526. The van der Waals surface area contributed by atoms with Crippen molar-refractivity contribution in [2.75, 3.05) is 65.8 Å². The average molecular weight is 991 g/mol. The number of ether oxygens (including phenoxy) is 2. The SMILES string of the molecule is CC(C)(C)c1cc2c(O)c(c1)Cc1cc(C(C)(C)C)cc(c1OC/C=C/C(=O)N(CCO)CCO)Cc1cc(C(C)(C)C)cc(c1O)Cc1cc(C(C)(C)C)cc(c1OC/C=C/C(=O)N(CCO)CCO)C2. The molecule has 1 aliphatic rings. The monoisotopic (exact) mass is 991 g/mol. The van der Waals surface area contributed by atoms with Crippen LogP contribution in [0.15, 0.2) is 72.8 Å². The second kappa shape index (κ2) is 23.9. The van der Waals surface area contributed by atoms with Gasteiger partial charge < -0.3 is 49.9 Å². The molecule has 0 saturated heterocycles. The van der Waals surface area contributed by atoms with Crippen molar-refractivity contribution in [3.63, 3.8) is 0 Å². The smallest absolute Gasteiger partial charge is 0.246 e. The Hall–Kier alpha value is -5.66. The Morgan fingerprint density at radius 1 is 0.431 bits per heavy atom. The highest BCUT2D eigenvalue weighted by atomic mass is 16.5. The van der Waals surface area contributed by atoms with E-state index in [0.29, 0.717) is 33.8 Å². The van der Waals surface area contributed by atoms with Gasteiger partial charge in [0.1, 0.15) is 36.2 Å². The van der Waals surface area contributed by atoms with E-state index in [4.69, 9.17) is 9.47 Å². The van der Waals surface area contributed by atoms with E-state index in [1.165, 1.54) is 22.0 Å². The highest BCUT2D eigenvalue weighted by molar-refractivity contribution is 5.88. The fourth-order valence-electron chi connectivity index (χ4n) is 8.94. The molecule has 1 aliphatic carbocycles. The number of phenols is 2. The third-order valence-electron chi connectivity index (χ3n) is 13.3. The Morgan fingerprint density at radius 3 is 0.861 bits per heavy atom. The van der Waals surface area contributed by atoms with Gasteiger partial charge in [0, 0.05) is 64.0 Å². The number of amides is 2. The summed E-state index contributed by atoms with van der Waals surface area (Å²) in [6.45, 7) is 25.3. The average Bonchev–Trinajstić information content (AvgIpc) is 3.28. The van der Waals surface area contributed by atoms with Gasteiger partial charge in [0.15, 0.2) is 0 Å². The van der Waals surface area contributed by atoms with Crippen LogP contribution in [0.25, 0.3) is 0 Å². The Morgan fingerprint density at radius 2 is 0.653 bits per heavy atom. The molecule has 8 bridgehead atoms. The van der Waals surface area contributed by atoms with E-state index in [9.17, 15) is 40.2 Å². The molecule has 12 nitrogen and oxygen atoms in total. The van der Waals surface area contributed by atoms with Crippen molar-refractivity contribution in [3.05, 3.63) is 140 Å². The largest absolute Gasteiger partial charge is 0.507 e. The number of benzene rings is 4. The number of phenolic OH excluding ortho intramolecular Hbond substituents is 2. The standard InChI is InChI=1S/C60H82N2O10/c1-57(2,3)47-31-39-27-43-35-49(59(7,8)9)37-45(55(43)71-25-13-15-51(67)61(17-21-63)18-22-64)29-41-33-48(58(4,5)6)34-42(54(41)70)30-46-38-50(60(10,11)12)36-44(28-40(32-47)53(39)69)56(46)72-26-14-16-52(68)62(19-23-65)20-24-66/h13-16,31-38,63-66,69-70H,17-30H2,1-12H3/b15-13+,16-14+. The summed E-state index contributed by atoms with van der Waals surface area (Å²) in [6, 6.07) is 16.8. The van der Waals surface area contributed by atoms with E-state index in [1.54, 1.807) is 12.2 Å². The first-order valence-corrected chi connectivity index (χ1v) is 25.3. The van der Waals surface area contributed by atoms with Gasteiger partial charge in [-0.3, -0.25) is 9.59 Å². The molecular formula is C60H82N2O10. The minimum atomic E-state index is -0.362. The van der Waals surface area contributed by atoms with E-state index in [2.05, 4.69) is 132 Å². The number of carbonyl (C=O) groups excluding carboxylic acids is 2. The molecule has 0 aromatic heterocycles. The number of rotatable bonds is 16. The number of nitrogens with zero attached hydrogens (tertiary/aromatic N) is 2. The van der Waals surface area contributed by atoms with Crippen molar-refractivity contribution >= 4 is 11.8 Å². The molecule has 6 N–H and O–H groups in total. The fraction of sp³-hybridized carbons (Fsp3) is 0.500. The molecule has 12 heteroatoms. The van der Waals surface area contributed by atoms with Gasteiger partial charge in [-0.2, -0.15) is 0 Å². The number of hydrogen-bond acceptors (Lipinski definition) is 10. The molecule has 0 saturated carbocycles. The molecule has 0 spiro atoms. The molecular weight excluding hydrogens is 909 g/mol. The molecule has 4 aromatic rings. The number of aliphatic hydroxyl groups excluding tert-OH is 4. The van der Waals surface area contributed by atoms with E-state index < -0.39 is 0 Å². The molecule has 0 fully saturated rings. The lowest BCUT2D eigenvalue weighted by atomic mass is 9.79. The zero-order valence-electron chi connectivity index (χ0n) is 45.0. The maximum Gasteiger partial charge on any atom is 0.246 e. The number of aromatic hydroxyl groups is 2. The minimum absolute atomic E-state index is 0.0195. The first-order chi connectivity index (χ1) is 33.7. The van der Waals surface area contributed by atoms with Gasteiger partial charge >= 0.3 is 0 Å². The lowest BCUT2D eigenvalue weighted by Gasteiger charge is -2.28. The molecule has 2 amide bonds.